The van der Waals surface area contributed by atoms with Crippen molar-refractivity contribution in [1.82, 2.24) is 5.32 Å². The fraction of sp³-hybridized carbons (Fsp3) is 0.429. The van der Waals surface area contributed by atoms with E-state index in [1.807, 2.05) is 18.2 Å². The number of aliphatic hydroxyl groups excluding tert-OH is 1. The van der Waals surface area contributed by atoms with Gasteiger partial charge in [0.15, 0.2) is 0 Å². The Hall–Kier alpha value is -1.39. The second-order valence-electron chi connectivity index (χ2n) is 6.52. The molecule has 25 heavy (non-hydrogen) atoms. The molecule has 2 aromatic carbocycles. The van der Waals surface area contributed by atoms with Gasteiger partial charge in [0, 0.05) is 18.6 Å². The van der Waals surface area contributed by atoms with Crippen molar-refractivity contribution in [2.75, 3.05) is 19.8 Å². The summed E-state index contributed by atoms with van der Waals surface area (Å²) >= 11 is 0. The van der Waals surface area contributed by atoms with E-state index in [0.29, 0.717) is 12.5 Å². The summed E-state index contributed by atoms with van der Waals surface area (Å²) in [6, 6.07) is 19.4. The second kappa shape index (κ2) is 10.6. The average molecular weight is 362 g/mol. The van der Waals surface area contributed by atoms with Gasteiger partial charge in [0.05, 0.1) is 13.2 Å². The first kappa shape index (κ1) is 19.9. The zero-order chi connectivity index (χ0) is 16.6. The molecule has 0 amide bonds. The van der Waals surface area contributed by atoms with Crippen LogP contribution < -0.4 is 5.32 Å². The van der Waals surface area contributed by atoms with Crippen LogP contribution in [0.15, 0.2) is 54.6 Å². The van der Waals surface area contributed by atoms with E-state index in [9.17, 15) is 5.11 Å². The summed E-state index contributed by atoms with van der Waals surface area (Å²) in [4.78, 5) is 0. The molecule has 0 aromatic heterocycles. The molecule has 2 N–H and O–H groups in total. The lowest BCUT2D eigenvalue weighted by Gasteiger charge is -2.17. The SMILES string of the molecule is Cl.OC[C@H]1NCC[C@@H]1c1ccc(CCCOCc2ccccc2)cc1. The summed E-state index contributed by atoms with van der Waals surface area (Å²) in [6.45, 7) is 2.69. The molecule has 0 saturated carbocycles. The largest absolute Gasteiger partial charge is 0.395 e. The van der Waals surface area contributed by atoms with Gasteiger partial charge in [0.1, 0.15) is 0 Å². The molecule has 2 atom stereocenters. The number of aryl methyl sites for hydroxylation is 1. The minimum Gasteiger partial charge on any atom is -0.395 e. The van der Waals surface area contributed by atoms with Crippen LogP contribution in [0.4, 0.5) is 0 Å². The van der Waals surface area contributed by atoms with Crippen LogP contribution in [-0.2, 0) is 17.8 Å². The van der Waals surface area contributed by atoms with Gasteiger partial charge < -0.3 is 15.2 Å². The standard InChI is InChI=1S/C21H27NO2.ClH/c23-15-21-20(12-13-22-21)19-10-8-17(9-11-19)7-4-14-24-16-18-5-2-1-3-6-18;/h1-3,5-6,8-11,20-23H,4,7,12-16H2;1H/t20-,21-;/m1./s1. The zero-order valence-electron chi connectivity index (χ0n) is 14.6. The first-order valence-electron chi connectivity index (χ1n) is 8.91. The van der Waals surface area contributed by atoms with Gasteiger partial charge in [-0.05, 0) is 42.5 Å². The highest BCUT2D eigenvalue weighted by Gasteiger charge is 2.27. The fourth-order valence-electron chi connectivity index (χ4n) is 3.43. The summed E-state index contributed by atoms with van der Waals surface area (Å²) in [6.07, 6.45) is 3.19. The lowest BCUT2D eigenvalue weighted by Crippen LogP contribution is -2.29. The van der Waals surface area contributed by atoms with E-state index in [1.54, 1.807) is 0 Å². The number of aliphatic hydroxyl groups is 1. The minimum absolute atomic E-state index is 0. The number of benzene rings is 2. The van der Waals surface area contributed by atoms with Crippen LogP contribution in [0.2, 0.25) is 0 Å². The highest BCUT2D eigenvalue weighted by Crippen LogP contribution is 2.27. The molecule has 1 heterocycles. The van der Waals surface area contributed by atoms with Gasteiger partial charge in [-0.15, -0.1) is 12.4 Å². The number of nitrogens with one attached hydrogen (secondary N) is 1. The summed E-state index contributed by atoms with van der Waals surface area (Å²) in [5.74, 6) is 0.443. The first-order chi connectivity index (χ1) is 11.9. The molecule has 3 rings (SSSR count). The molecule has 0 aliphatic carbocycles. The van der Waals surface area contributed by atoms with Gasteiger partial charge in [-0.2, -0.15) is 0 Å². The Morgan fingerprint density at radius 2 is 1.76 bits per heavy atom. The monoisotopic (exact) mass is 361 g/mol. The van der Waals surface area contributed by atoms with E-state index in [0.717, 1.165) is 32.4 Å². The molecule has 0 spiro atoms. The van der Waals surface area contributed by atoms with Crippen LogP contribution in [0, 0.1) is 0 Å². The fourth-order valence-corrected chi connectivity index (χ4v) is 3.43. The predicted molar refractivity (Wildman–Crippen MR) is 104 cm³/mol. The molecule has 3 nitrogen and oxygen atoms in total. The van der Waals surface area contributed by atoms with Gasteiger partial charge in [-0.3, -0.25) is 0 Å². The molecule has 0 unspecified atom stereocenters. The summed E-state index contributed by atoms with van der Waals surface area (Å²) in [5, 5.41) is 12.8. The van der Waals surface area contributed by atoms with Gasteiger partial charge >= 0.3 is 0 Å². The zero-order valence-corrected chi connectivity index (χ0v) is 15.4. The van der Waals surface area contributed by atoms with Crippen molar-refractivity contribution in [2.24, 2.45) is 0 Å². The minimum atomic E-state index is 0. The normalized spacial score (nSPS) is 19.6. The Morgan fingerprint density at radius 1 is 1.00 bits per heavy atom. The van der Waals surface area contributed by atoms with Crippen LogP contribution in [0.3, 0.4) is 0 Å². The molecule has 1 aliphatic rings. The molecule has 0 bridgehead atoms. The Kier molecular flexibility index (Phi) is 8.42. The lowest BCUT2D eigenvalue weighted by atomic mass is 9.91. The van der Waals surface area contributed by atoms with E-state index in [2.05, 4.69) is 41.7 Å². The highest BCUT2D eigenvalue weighted by molar-refractivity contribution is 5.85. The molecular formula is C21H28ClNO2. The third-order valence-corrected chi connectivity index (χ3v) is 4.82. The van der Waals surface area contributed by atoms with Gasteiger partial charge in [-0.1, -0.05) is 54.6 Å². The van der Waals surface area contributed by atoms with Gasteiger partial charge in [0.25, 0.3) is 0 Å². The number of hydrogen-bond acceptors (Lipinski definition) is 3. The van der Waals surface area contributed by atoms with Crippen LogP contribution in [-0.4, -0.2) is 30.9 Å². The number of halogens is 1. The van der Waals surface area contributed by atoms with Crippen molar-refractivity contribution in [1.29, 1.82) is 0 Å². The third-order valence-electron chi connectivity index (χ3n) is 4.82. The average Bonchev–Trinajstić information content (AvgIpc) is 3.11. The molecule has 0 radical (unpaired) electrons. The maximum Gasteiger partial charge on any atom is 0.0716 e. The third kappa shape index (κ3) is 5.82. The van der Waals surface area contributed by atoms with Crippen LogP contribution >= 0.6 is 12.4 Å². The molecule has 136 valence electrons. The Labute approximate surface area is 156 Å². The molecule has 4 heteroatoms. The maximum atomic E-state index is 9.42. The lowest BCUT2D eigenvalue weighted by molar-refractivity contribution is 0.118. The van der Waals surface area contributed by atoms with E-state index >= 15 is 0 Å². The van der Waals surface area contributed by atoms with E-state index in [4.69, 9.17) is 4.74 Å². The quantitative estimate of drug-likeness (QED) is 0.704. The highest BCUT2D eigenvalue weighted by atomic mass is 35.5. The predicted octanol–water partition coefficient (Wildman–Crippen LogP) is 3.70. The topological polar surface area (TPSA) is 41.5 Å². The summed E-state index contributed by atoms with van der Waals surface area (Å²) in [5.41, 5.74) is 3.92. The Balaban J connectivity index is 0.00000225. The van der Waals surface area contributed by atoms with Crippen molar-refractivity contribution in [3.8, 4) is 0 Å². The Bertz CT molecular complexity index is 603. The Morgan fingerprint density at radius 3 is 2.48 bits per heavy atom. The summed E-state index contributed by atoms with van der Waals surface area (Å²) < 4.78 is 5.74. The number of hydrogen-bond donors (Lipinski definition) is 2. The van der Waals surface area contributed by atoms with Crippen LogP contribution in [0.1, 0.15) is 35.4 Å². The summed E-state index contributed by atoms with van der Waals surface area (Å²) in [7, 11) is 0. The molecular weight excluding hydrogens is 334 g/mol. The van der Waals surface area contributed by atoms with Crippen molar-refractivity contribution >= 4 is 12.4 Å². The van der Waals surface area contributed by atoms with Crippen molar-refractivity contribution in [3.63, 3.8) is 0 Å². The molecule has 1 aliphatic heterocycles. The molecule has 1 saturated heterocycles. The number of ether oxygens (including phenoxy) is 1. The van der Waals surface area contributed by atoms with Crippen molar-refractivity contribution in [2.45, 2.75) is 37.8 Å². The van der Waals surface area contributed by atoms with E-state index in [-0.39, 0.29) is 25.1 Å². The van der Waals surface area contributed by atoms with Crippen LogP contribution in [0.5, 0.6) is 0 Å². The molecule has 2 aromatic rings. The van der Waals surface area contributed by atoms with E-state index in [1.165, 1.54) is 16.7 Å². The van der Waals surface area contributed by atoms with Crippen LogP contribution in [0.25, 0.3) is 0 Å². The van der Waals surface area contributed by atoms with Gasteiger partial charge in [-0.25, -0.2) is 0 Å². The molecule has 1 fully saturated rings. The maximum absolute atomic E-state index is 9.42. The van der Waals surface area contributed by atoms with Crippen molar-refractivity contribution in [3.05, 3.63) is 71.3 Å². The van der Waals surface area contributed by atoms with Gasteiger partial charge in [0.2, 0.25) is 0 Å². The van der Waals surface area contributed by atoms with Crippen molar-refractivity contribution < 1.29 is 9.84 Å². The first-order valence-corrected chi connectivity index (χ1v) is 8.91. The smallest absolute Gasteiger partial charge is 0.0716 e. The number of rotatable bonds is 8. The van der Waals surface area contributed by atoms with E-state index < -0.39 is 0 Å². The second-order valence-corrected chi connectivity index (χ2v) is 6.52.